The van der Waals surface area contributed by atoms with Crippen LogP contribution in [0.15, 0.2) is 35.3 Å². The highest BCUT2D eigenvalue weighted by Crippen LogP contribution is 2.10. The highest BCUT2D eigenvalue weighted by atomic mass is 16.2. The van der Waals surface area contributed by atoms with Gasteiger partial charge in [0.2, 0.25) is 5.43 Å². The number of fused-ring (bicyclic) bond motifs is 1. The number of nitrogens with zero attached hydrogens (tertiary/aromatic N) is 1. The first-order chi connectivity index (χ1) is 8.65. The molecule has 3 N–H and O–H groups in total. The number of aliphatic hydroxyl groups excluding tert-OH is 1. The molecule has 0 fully saturated rings. The molecule has 0 saturated heterocycles. The van der Waals surface area contributed by atoms with Crippen LogP contribution in [0.25, 0.3) is 10.9 Å². The number of hydrogen-bond acceptors (Lipinski definition) is 3. The van der Waals surface area contributed by atoms with Gasteiger partial charge in [-0.15, -0.1) is 0 Å². The standard InChI is InChI=1S/C13H10N2O3/c14-13(18)10-8-15(6-3-7-16)11-5-2-1-4-9(11)12(10)17/h1-2,4-5,8,16H,7H2,(H2,14,18). The minimum absolute atomic E-state index is 0.124. The molecule has 0 saturated carbocycles. The molecule has 2 rings (SSSR count). The summed E-state index contributed by atoms with van der Waals surface area (Å²) in [4.78, 5) is 23.2. The van der Waals surface area contributed by atoms with Crippen LogP contribution in [0.1, 0.15) is 10.4 Å². The van der Waals surface area contributed by atoms with Gasteiger partial charge in [0.25, 0.3) is 5.91 Å². The zero-order chi connectivity index (χ0) is 13.1. The summed E-state index contributed by atoms with van der Waals surface area (Å²) in [6, 6.07) is 9.38. The van der Waals surface area contributed by atoms with Crippen molar-refractivity contribution >= 4 is 16.8 Å². The number of para-hydroxylation sites is 1. The molecule has 1 aromatic heterocycles. The lowest BCUT2D eigenvalue weighted by molar-refractivity contribution is 0.0999. The summed E-state index contributed by atoms with van der Waals surface area (Å²) in [6.07, 6.45) is 1.29. The Hall–Kier alpha value is -2.58. The highest BCUT2D eigenvalue weighted by molar-refractivity contribution is 5.96. The SMILES string of the molecule is NC(=O)c1cn(C#CCO)c2ccccc2c1=O. The average Bonchev–Trinajstić information content (AvgIpc) is 2.38. The van der Waals surface area contributed by atoms with E-state index in [9.17, 15) is 9.59 Å². The van der Waals surface area contributed by atoms with Gasteiger partial charge in [0.15, 0.2) is 0 Å². The molecule has 1 aromatic carbocycles. The molecule has 1 amide bonds. The lowest BCUT2D eigenvalue weighted by Crippen LogP contribution is -2.23. The number of benzene rings is 1. The molecule has 0 aliphatic carbocycles. The topological polar surface area (TPSA) is 85.3 Å². The minimum atomic E-state index is -0.801. The molecule has 0 aliphatic rings. The molecule has 0 atom stereocenters. The summed E-state index contributed by atoms with van der Waals surface area (Å²) in [6.45, 7) is -0.313. The van der Waals surface area contributed by atoms with Gasteiger partial charge in [-0.3, -0.25) is 14.2 Å². The van der Waals surface area contributed by atoms with E-state index < -0.39 is 11.3 Å². The second-order valence-electron chi connectivity index (χ2n) is 3.57. The number of aliphatic hydroxyl groups is 1. The Morgan fingerprint density at radius 3 is 2.78 bits per heavy atom. The first-order valence-electron chi connectivity index (χ1n) is 5.19. The zero-order valence-corrected chi connectivity index (χ0v) is 9.38. The van der Waals surface area contributed by atoms with Gasteiger partial charge >= 0.3 is 0 Å². The second kappa shape index (κ2) is 4.73. The normalized spacial score (nSPS) is 9.83. The van der Waals surface area contributed by atoms with Crippen LogP contribution in [0.4, 0.5) is 0 Å². The first-order valence-corrected chi connectivity index (χ1v) is 5.19. The van der Waals surface area contributed by atoms with Crippen LogP contribution in [0.2, 0.25) is 0 Å². The number of nitrogens with two attached hydrogens (primary N) is 1. The third kappa shape index (κ3) is 1.97. The summed E-state index contributed by atoms with van der Waals surface area (Å²) in [5.74, 6) is 1.66. The third-order valence-corrected chi connectivity index (χ3v) is 2.46. The molecule has 18 heavy (non-hydrogen) atoms. The number of hydrogen-bond donors (Lipinski definition) is 2. The molecule has 5 nitrogen and oxygen atoms in total. The Bertz CT molecular complexity index is 735. The molecule has 0 unspecified atom stereocenters. The Kier molecular flexibility index (Phi) is 3.13. The summed E-state index contributed by atoms with van der Waals surface area (Å²) in [7, 11) is 0. The number of carbonyl (C=O) groups is 1. The Balaban J connectivity index is 2.89. The van der Waals surface area contributed by atoms with E-state index in [2.05, 4.69) is 12.0 Å². The van der Waals surface area contributed by atoms with Crippen LogP contribution in [-0.2, 0) is 0 Å². The van der Waals surface area contributed by atoms with Crippen molar-refractivity contribution in [1.82, 2.24) is 4.57 Å². The number of primary amides is 1. The minimum Gasteiger partial charge on any atom is -0.384 e. The molecule has 1 heterocycles. The van der Waals surface area contributed by atoms with Crippen molar-refractivity contribution in [3.8, 4) is 12.0 Å². The molecule has 5 heteroatoms. The van der Waals surface area contributed by atoms with E-state index in [1.807, 2.05) is 0 Å². The van der Waals surface area contributed by atoms with Crippen molar-refractivity contribution in [3.05, 3.63) is 46.2 Å². The average molecular weight is 242 g/mol. The lowest BCUT2D eigenvalue weighted by atomic mass is 10.1. The van der Waals surface area contributed by atoms with Crippen LogP contribution < -0.4 is 11.2 Å². The molecule has 0 radical (unpaired) electrons. The summed E-state index contributed by atoms with van der Waals surface area (Å²) >= 11 is 0. The van der Waals surface area contributed by atoms with Gasteiger partial charge in [0.1, 0.15) is 12.2 Å². The predicted octanol–water partition coefficient (Wildman–Crippen LogP) is -0.0983. The second-order valence-corrected chi connectivity index (χ2v) is 3.57. The van der Waals surface area contributed by atoms with Crippen LogP contribution in [0.5, 0.6) is 0 Å². The maximum atomic E-state index is 12.0. The van der Waals surface area contributed by atoms with E-state index in [1.165, 1.54) is 10.8 Å². The van der Waals surface area contributed by atoms with Crippen LogP contribution in [-0.4, -0.2) is 22.2 Å². The maximum Gasteiger partial charge on any atom is 0.254 e. The third-order valence-electron chi connectivity index (χ3n) is 2.46. The van der Waals surface area contributed by atoms with Crippen LogP contribution >= 0.6 is 0 Å². The Morgan fingerprint density at radius 2 is 2.11 bits per heavy atom. The fourth-order valence-corrected chi connectivity index (χ4v) is 1.67. The van der Waals surface area contributed by atoms with Crippen molar-refractivity contribution in [2.75, 3.05) is 6.61 Å². The van der Waals surface area contributed by atoms with E-state index in [0.717, 1.165) is 0 Å². The van der Waals surface area contributed by atoms with Crippen molar-refractivity contribution in [1.29, 1.82) is 0 Å². The number of amides is 1. The summed E-state index contributed by atoms with van der Waals surface area (Å²) in [5.41, 5.74) is 5.18. The maximum absolute atomic E-state index is 12.0. The van der Waals surface area contributed by atoms with E-state index in [1.54, 1.807) is 24.3 Å². The van der Waals surface area contributed by atoms with Gasteiger partial charge in [-0.2, -0.15) is 0 Å². The monoisotopic (exact) mass is 242 g/mol. The van der Waals surface area contributed by atoms with Crippen molar-refractivity contribution in [2.24, 2.45) is 5.73 Å². The largest absolute Gasteiger partial charge is 0.384 e. The molecule has 0 bridgehead atoms. The lowest BCUT2D eigenvalue weighted by Gasteiger charge is -2.05. The Labute approximate surface area is 102 Å². The Morgan fingerprint density at radius 1 is 1.39 bits per heavy atom. The van der Waals surface area contributed by atoms with Crippen molar-refractivity contribution in [3.63, 3.8) is 0 Å². The number of aromatic nitrogens is 1. The van der Waals surface area contributed by atoms with E-state index >= 15 is 0 Å². The van der Waals surface area contributed by atoms with Gasteiger partial charge in [-0.25, -0.2) is 0 Å². The fraction of sp³-hybridized carbons (Fsp3) is 0.0769. The molecule has 0 spiro atoms. The van der Waals surface area contributed by atoms with Gasteiger partial charge in [0.05, 0.1) is 5.52 Å². The predicted molar refractivity (Wildman–Crippen MR) is 67.0 cm³/mol. The van der Waals surface area contributed by atoms with Gasteiger partial charge in [-0.1, -0.05) is 18.1 Å². The van der Waals surface area contributed by atoms with Crippen LogP contribution in [0, 0.1) is 12.0 Å². The van der Waals surface area contributed by atoms with Crippen LogP contribution in [0.3, 0.4) is 0 Å². The van der Waals surface area contributed by atoms with E-state index in [-0.39, 0.29) is 12.2 Å². The molecular formula is C13H10N2O3. The van der Waals surface area contributed by atoms with Gasteiger partial charge < -0.3 is 10.8 Å². The quantitative estimate of drug-likeness (QED) is 0.685. The number of rotatable bonds is 1. The summed E-state index contributed by atoms with van der Waals surface area (Å²) < 4.78 is 1.41. The molecule has 2 aromatic rings. The van der Waals surface area contributed by atoms with E-state index in [4.69, 9.17) is 10.8 Å². The van der Waals surface area contributed by atoms with Crippen molar-refractivity contribution < 1.29 is 9.90 Å². The van der Waals surface area contributed by atoms with Gasteiger partial charge in [-0.05, 0) is 12.1 Å². The van der Waals surface area contributed by atoms with Gasteiger partial charge in [0, 0.05) is 17.6 Å². The summed E-state index contributed by atoms with van der Waals surface area (Å²) in [5, 5.41) is 9.05. The zero-order valence-electron chi connectivity index (χ0n) is 9.38. The van der Waals surface area contributed by atoms with Crippen molar-refractivity contribution in [2.45, 2.75) is 0 Å². The smallest absolute Gasteiger partial charge is 0.254 e. The molecular weight excluding hydrogens is 232 g/mol. The van der Waals surface area contributed by atoms with E-state index in [0.29, 0.717) is 10.9 Å². The first kappa shape index (κ1) is 11.9. The molecule has 90 valence electrons. The number of pyridine rings is 1. The molecule has 0 aliphatic heterocycles. The number of carbonyl (C=O) groups excluding carboxylic acids is 1. The fourth-order valence-electron chi connectivity index (χ4n) is 1.67. The highest BCUT2D eigenvalue weighted by Gasteiger charge is 2.11.